The van der Waals surface area contributed by atoms with Crippen LogP contribution in [0.3, 0.4) is 0 Å². The van der Waals surface area contributed by atoms with Crippen molar-refractivity contribution in [1.82, 2.24) is 10.2 Å². The summed E-state index contributed by atoms with van der Waals surface area (Å²) in [5, 5.41) is 3.81. The van der Waals surface area contributed by atoms with E-state index in [0.29, 0.717) is 0 Å². The summed E-state index contributed by atoms with van der Waals surface area (Å²) in [5.41, 5.74) is 0. The Morgan fingerprint density at radius 2 is 1.93 bits per heavy atom. The van der Waals surface area contributed by atoms with Gasteiger partial charge in [-0.2, -0.15) is 0 Å². The fourth-order valence-electron chi connectivity index (χ4n) is 3.36. The van der Waals surface area contributed by atoms with E-state index in [1.165, 1.54) is 64.6 Å². The topological polar surface area (TPSA) is 15.3 Å². The zero-order valence-electron chi connectivity index (χ0n) is 9.75. The number of nitrogens with zero attached hydrogens (tertiary/aromatic N) is 1. The minimum Gasteiger partial charge on any atom is -0.312 e. The third kappa shape index (κ3) is 2.36. The van der Waals surface area contributed by atoms with Gasteiger partial charge in [0.2, 0.25) is 0 Å². The molecule has 2 unspecified atom stereocenters. The van der Waals surface area contributed by atoms with Gasteiger partial charge in [0.05, 0.1) is 0 Å². The number of hydrogen-bond donors (Lipinski definition) is 1. The van der Waals surface area contributed by atoms with Gasteiger partial charge >= 0.3 is 0 Å². The van der Waals surface area contributed by atoms with Gasteiger partial charge in [0.15, 0.2) is 0 Å². The minimum atomic E-state index is 0.823. The van der Waals surface area contributed by atoms with Crippen LogP contribution in [0, 0.1) is 5.92 Å². The van der Waals surface area contributed by atoms with Gasteiger partial charge in [0.25, 0.3) is 0 Å². The molecule has 86 valence electrons. The van der Waals surface area contributed by atoms with E-state index in [4.69, 9.17) is 0 Å². The van der Waals surface area contributed by atoms with E-state index in [0.717, 1.165) is 18.0 Å². The molecule has 2 heterocycles. The number of hydrogen-bond acceptors (Lipinski definition) is 2. The molecule has 0 spiro atoms. The average Bonchev–Trinajstić information content (AvgIpc) is 3.00. The van der Waals surface area contributed by atoms with Crippen molar-refractivity contribution in [3.05, 3.63) is 0 Å². The van der Waals surface area contributed by atoms with E-state index in [1.807, 2.05) is 0 Å². The van der Waals surface area contributed by atoms with Crippen molar-refractivity contribution in [3.8, 4) is 0 Å². The van der Waals surface area contributed by atoms with Crippen molar-refractivity contribution in [2.24, 2.45) is 5.92 Å². The van der Waals surface area contributed by atoms with Gasteiger partial charge in [0, 0.05) is 18.6 Å². The van der Waals surface area contributed by atoms with E-state index in [1.54, 1.807) is 0 Å². The Hall–Kier alpha value is -0.0800. The van der Waals surface area contributed by atoms with Crippen molar-refractivity contribution < 1.29 is 0 Å². The Labute approximate surface area is 93.4 Å². The van der Waals surface area contributed by atoms with Crippen LogP contribution in [0.15, 0.2) is 0 Å². The lowest BCUT2D eigenvalue weighted by molar-refractivity contribution is 0.180. The van der Waals surface area contributed by atoms with Crippen molar-refractivity contribution in [2.75, 3.05) is 19.6 Å². The monoisotopic (exact) mass is 208 g/mol. The number of rotatable bonds is 4. The summed E-state index contributed by atoms with van der Waals surface area (Å²) in [6.07, 6.45) is 10.2. The lowest BCUT2D eigenvalue weighted by Crippen LogP contribution is -2.45. The third-order valence-corrected chi connectivity index (χ3v) is 4.51. The summed E-state index contributed by atoms with van der Waals surface area (Å²) in [5.74, 6) is 1.08. The Balaban J connectivity index is 1.44. The van der Waals surface area contributed by atoms with Gasteiger partial charge in [-0.15, -0.1) is 0 Å². The minimum absolute atomic E-state index is 0.823. The van der Waals surface area contributed by atoms with E-state index >= 15 is 0 Å². The summed E-state index contributed by atoms with van der Waals surface area (Å²) >= 11 is 0. The molecule has 0 amide bonds. The highest BCUT2D eigenvalue weighted by Crippen LogP contribution is 2.32. The first-order chi connectivity index (χ1) is 7.43. The van der Waals surface area contributed by atoms with Gasteiger partial charge in [-0.3, -0.25) is 4.90 Å². The lowest BCUT2D eigenvalue weighted by atomic mass is 9.99. The first kappa shape index (κ1) is 10.1. The van der Waals surface area contributed by atoms with Crippen LogP contribution in [0.5, 0.6) is 0 Å². The fourth-order valence-corrected chi connectivity index (χ4v) is 3.36. The van der Waals surface area contributed by atoms with Gasteiger partial charge in [-0.1, -0.05) is 19.3 Å². The Morgan fingerprint density at radius 1 is 1.00 bits per heavy atom. The van der Waals surface area contributed by atoms with Crippen LogP contribution in [-0.4, -0.2) is 36.6 Å². The van der Waals surface area contributed by atoms with Crippen LogP contribution >= 0.6 is 0 Å². The van der Waals surface area contributed by atoms with E-state index in [-0.39, 0.29) is 0 Å². The molecule has 2 aliphatic heterocycles. The second-order valence-electron chi connectivity index (χ2n) is 5.68. The molecule has 2 nitrogen and oxygen atoms in total. The Bertz CT molecular complexity index is 213. The maximum absolute atomic E-state index is 3.81. The molecule has 15 heavy (non-hydrogen) atoms. The average molecular weight is 208 g/mol. The second-order valence-corrected chi connectivity index (χ2v) is 5.68. The zero-order valence-corrected chi connectivity index (χ0v) is 9.75. The Morgan fingerprint density at radius 3 is 2.80 bits per heavy atom. The SMILES string of the molecule is C1CCN2CCC(NCCC3CC3)C2C1. The fraction of sp³-hybridized carbons (Fsp3) is 1.00. The number of fused-ring (bicyclic) bond motifs is 1. The molecule has 1 aliphatic carbocycles. The molecule has 3 rings (SSSR count). The van der Waals surface area contributed by atoms with Crippen molar-refractivity contribution in [1.29, 1.82) is 0 Å². The molecule has 0 radical (unpaired) electrons. The molecule has 3 aliphatic rings. The molecule has 1 N–H and O–H groups in total. The normalized spacial score (nSPS) is 36.8. The number of piperidine rings is 1. The molecule has 2 saturated heterocycles. The zero-order chi connectivity index (χ0) is 10.1. The van der Waals surface area contributed by atoms with Crippen molar-refractivity contribution >= 4 is 0 Å². The summed E-state index contributed by atoms with van der Waals surface area (Å²) in [4.78, 5) is 2.72. The molecule has 3 fully saturated rings. The van der Waals surface area contributed by atoms with Gasteiger partial charge in [-0.25, -0.2) is 0 Å². The third-order valence-electron chi connectivity index (χ3n) is 4.51. The molecule has 2 atom stereocenters. The smallest absolute Gasteiger partial charge is 0.0249 e. The molecule has 0 aromatic heterocycles. The van der Waals surface area contributed by atoms with E-state index in [2.05, 4.69) is 10.2 Å². The standard InChI is InChI=1S/C13H24N2/c1-2-9-15-10-7-12(13(15)3-1)14-8-6-11-4-5-11/h11-14H,1-10H2. The van der Waals surface area contributed by atoms with Crippen molar-refractivity contribution in [2.45, 2.75) is 57.0 Å². The highest BCUT2D eigenvalue weighted by molar-refractivity contribution is 4.94. The van der Waals surface area contributed by atoms with Gasteiger partial charge in [-0.05, 0) is 44.7 Å². The summed E-state index contributed by atoms with van der Waals surface area (Å²) in [6, 6.07) is 1.71. The molecule has 1 saturated carbocycles. The maximum atomic E-state index is 3.81. The van der Waals surface area contributed by atoms with Crippen LogP contribution in [0.4, 0.5) is 0 Å². The maximum Gasteiger partial charge on any atom is 0.0249 e. The van der Waals surface area contributed by atoms with E-state index in [9.17, 15) is 0 Å². The van der Waals surface area contributed by atoms with Crippen LogP contribution < -0.4 is 5.32 Å². The quantitative estimate of drug-likeness (QED) is 0.760. The second kappa shape index (κ2) is 4.42. The molecule has 2 heteroatoms. The molecule has 0 bridgehead atoms. The first-order valence-electron chi connectivity index (χ1n) is 6.91. The van der Waals surface area contributed by atoms with Crippen LogP contribution in [0.2, 0.25) is 0 Å². The molecule has 0 aromatic carbocycles. The van der Waals surface area contributed by atoms with Crippen LogP contribution in [-0.2, 0) is 0 Å². The van der Waals surface area contributed by atoms with Gasteiger partial charge in [0.1, 0.15) is 0 Å². The summed E-state index contributed by atoms with van der Waals surface area (Å²) in [7, 11) is 0. The predicted molar refractivity (Wildman–Crippen MR) is 63.0 cm³/mol. The summed E-state index contributed by atoms with van der Waals surface area (Å²) in [6.45, 7) is 4.00. The molecular formula is C13H24N2. The largest absolute Gasteiger partial charge is 0.312 e. The first-order valence-corrected chi connectivity index (χ1v) is 6.91. The molecule has 0 aromatic rings. The highest BCUT2D eigenvalue weighted by atomic mass is 15.2. The highest BCUT2D eigenvalue weighted by Gasteiger charge is 2.35. The lowest BCUT2D eigenvalue weighted by Gasteiger charge is -2.32. The Kier molecular flexibility index (Phi) is 2.98. The number of nitrogens with one attached hydrogen (secondary N) is 1. The molecular weight excluding hydrogens is 184 g/mol. The van der Waals surface area contributed by atoms with Gasteiger partial charge < -0.3 is 5.32 Å². The summed E-state index contributed by atoms with van der Waals surface area (Å²) < 4.78 is 0. The predicted octanol–water partition coefficient (Wildman–Crippen LogP) is 2.00. The van der Waals surface area contributed by atoms with Crippen LogP contribution in [0.1, 0.15) is 44.9 Å². The van der Waals surface area contributed by atoms with Crippen LogP contribution in [0.25, 0.3) is 0 Å². The van der Waals surface area contributed by atoms with Crippen molar-refractivity contribution in [3.63, 3.8) is 0 Å². The van der Waals surface area contributed by atoms with E-state index < -0.39 is 0 Å².